The van der Waals surface area contributed by atoms with Gasteiger partial charge in [-0.2, -0.15) is 11.8 Å². The molecule has 1 aliphatic rings. The number of carbonyl (C=O) groups excluding carboxylic acids is 1. The molecule has 1 heterocycles. The summed E-state index contributed by atoms with van der Waals surface area (Å²) in [7, 11) is 1.41. The summed E-state index contributed by atoms with van der Waals surface area (Å²) in [5, 5.41) is 3.98. The van der Waals surface area contributed by atoms with Crippen molar-refractivity contribution in [1.29, 1.82) is 0 Å². The number of hydrogen-bond acceptors (Lipinski definition) is 4. The van der Waals surface area contributed by atoms with E-state index in [4.69, 9.17) is 0 Å². The predicted octanol–water partition coefficient (Wildman–Crippen LogP) is 1.96. The Morgan fingerprint density at radius 3 is 2.85 bits per heavy atom. The van der Waals surface area contributed by atoms with Crippen LogP contribution in [0.15, 0.2) is 4.99 Å². The first-order valence-electron chi connectivity index (χ1n) is 6.92. The molecule has 5 nitrogen and oxygen atoms in total. The van der Waals surface area contributed by atoms with E-state index >= 15 is 0 Å². The third-order valence-electron chi connectivity index (χ3n) is 3.03. The lowest BCUT2D eigenvalue weighted by atomic mass is 10.3. The molecule has 0 amide bonds. The van der Waals surface area contributed by atoms with E-state index in [1.165, 1.54) is 13.5 Å². The van der Waals surface area contributed by atoms with E-state index in [9.17, 15) is 4.79 Å². The van der Waals surface area contributed by atoms with Crippen LogP contribution >= 0.6 is 35.7 Å². The topological polar surface area (TPSA) is 53.9 Å². The van der Waals surface area contributed by atoms with E-state index in [1.807, 2.05) is 11.8 Å². The Balaban J connectivity index is 0.00000361. The van der Waals surface area contributed by atoms with Crippen LogP contribution in [-0.4, -0.2) is 61.1 Å². The Hall–Kier alpha value is -0.180. The second-order valence-electron chi connectivity index (χ2n) is 4.41. The smallest absolute Gasteiger partial charge is 0.307 e. The van der Waals surface area contributed by atoms with E-state index in [0.717, 1.165) is 31.3 Å². The third kappa shape index (κ3) is 7.01. The van der Waals surface area contributed by atoms with Crippen LogP contribution in [0.25, 0.3) is 0 Å². The number of rotatable bonds is 5. The normalized spacial score (nSPS) is 19.2. The molecule has 1 N–H and O–H groups in total. The number of aliphatic imine (C=N–C) groups is 1. The molecule has 0 spiro atoms. The highest BCUT2D eigenvalue weighted by Gasteiger charge is 2.21. The Labute approximate surface area is 143 Å². The molecule has 0 saturated carbocycles. The van der Waals surface area contributed by atoms with Gasteiger partial charge in [-0.1, -0.05) is 6.92 Å². The number of thioether (sulfide) groups is 1. The molecule has 1 atom stereocenters. The maximum absolute atomic E-state index is 11.1. The lowest BCUT2D eigenvalue weighted by Gasteiger charge is -2.34. The van der Waals surface area contributed by atoms with Gasteiger partial charge in [0.25, 0.3) is 0 Å². The van der Waals surface area contributed by atoms with Gasteiger partial charge >= 0.3 is 5.97 Å². The lowest BCUT2D eigenvalue weighted by Crippen LogP contribution is -2.48. The summed E-state index contributed by atoms with van der Waals surface area (Å²) in [6.07, 6.45) is 1.52. The van der Waals surface area contributed by atoms with Crippen LogP contribution in [0, 0.1) is 0 Å². The van der Waals surface area contributed by atoms with Crippen molar-refractivity contribution in [3.05, 3.63) is 0 Å². The summed E-state index contributed by atoms with van der Waals surface area (Å²) in [5.41, 5.74) is 0. The minimum Gasteiger partial charge on any atom is -0.469 e. The Morgan fingerprint density at radius 2 is 2.25 bits per heavy atom. The number of carbonyl (C=O) groups is 1. The molecule has 1 rings (SSSR count). The number of halogens is 1. The number of guanidine groups is 1. The standard InChI is InChI=1S/C13H25N3O2S.HI/c1-4-11-10-16(8-9-19-11)13(14-5-2)15-7-6-12(17)18-3;/h11H,4-10H2,1-3H3,(H,14,15);1H. The quantitative estimate of drug-likeness (QED) is 0.322. The lowest BCUT2D eigenvalue weighted by molar-refractivity contribution is -0.140. The zero-order valence-electron chi connectivity index (χ0n) is 12.6. The van der Waals surface area contributed by atoms with Gasteiger partial charge in [-0.15, -0.1) is 24.0 Å². The summed E-state index contributed by atoms with van der Waals surface area (Å²) in [5.74, 6) is 1.85. The number of nitrogens with zero attached hydrogens (tertiary/aromatic N) is 2. The van der Waals surface area contributed by atoms with E-state index in [2.05, 4.69) is 33.8 Å². The van der Waals surface area contributed by atoms with Crippen molar-refractivity contribution in [2.45, 2.75) is 31.9 Å². The fourth-order valence-electron chi connectivity index (χ4n) is 1.94. The fourth-order valence-corrected chi connectivity index (χ4v) is 3.12. The summed E-state index contributed by atoms with van der Waals surface area (Å²) in [6, 6.07) is 0. The van der Waals surface area contributed by atoms with Crippen LogP contribution in [0.2, 0.25) is 0 Å². The average molecular weight is 415 g/mol. The molecule has 1 aliphatic heterocycles. The zero-order chi connectivity index (χ0) is 14.1. The van der Waals surface area contributed by atoms with Crippen molar-refractivity contribution in [3.8, 4) is 0 Å². The van der Waals surface area contributed by atoms with Gasteiger partial charge in [0.1, 0.15) is 0 Å². The molecule has 1 saturated heterocycles. The van der Waals surface area contributed by atoms with Gasteiger partial charge in [-0.25, -0.2) is 0 Å². The molecule has 0 aliphatic carbocycles. The van der Waals surface area contributed by atoms with Gasteiger partial charge < -0.3 is 15.0 Å². The van der Waals surface area contributed by atoms with Crippen LogP contribution in [0.1, 0.15) is 26.7 Å². The van der Waals surface area contributed by atoms with Crippen molar-refractivity contribution in [1.82, 2.24) is 10.2 Å². The van der Waals surface area contributed by atoms with Crippen molar-refractivity contribution in [2.24, 2.45) is 4.99 Å². The SMILES string of the molecule is CCNC(=NCCC(=O)OC)N1CCSC(CC)C1.I. The molecule has 1 fully saturated rings. The number of hydrogen-bond donors (Lipinski definition) is 1. The monoisotopic (exact) mass is 415 g/mol. The highest BCUT2D eigenvalue weighted by atomic mass is 127. The second kappa shape index (κ2) is 11.5. The number of ether oxygens (including phenoxy) is 1. The summed E-state index contributed by atoms with van der Waals surface area (Å²) >= 11 is 2.04. The van der Waals surface area contributed by atoms with E-state index in [-0.39, 0.29) is 29.9 Å². The molecule has 20 heavy (non-hydrogen) atoms. The third-order valence-corrected chi connectivity index (χ3v) is 4.41. The Kier molecular flexibility index (Phi) is 11.4. The molecule has 0 aromatic heterocycles. The highest BCUT2D eigenvalue weighted by Crippen LogP contribution is 2.20. The number of esters is 1. The van der Waals surface area contributed by atoms with Gasteiger partial charge in [0.05, 0.1) is 20.1 Å². The maximum Gasteiger partial charge on any atom is 0.307 e. The maximum atomic E-state index is 11.1. The molecule has 0 aromatic carbocycles. The van der Waals surface area contributed by atoms with Gasteiger partial charge in [-0.3, -0.25) is 9.79 Å². The van der Waals surface area contributed by atoms with Gasteiger partial charge in [0.15, 0.2) is 5.96 Å². The van der Waals surface area contributed by atoms with Crippen molar-refractivity contribution in [3.63, 3.8) is 0 Å². The average Bonchev–Trinajstić information content (AvgIpc) is 2.46. The minimum absolute atomic E-state index is 0. The van der Waals surface area contributed by atoms with Crippen LogP contribution in [0.3, 0.4) is 0 Å². The van der Waals surface area contributed by atoms with E-state index < -0.39 is 0 Å². The van der Waals surface area contributed by atoms with Crippen LogP contribution in [0.4, 0.5) is 0 Å². The minimum atomic E-state index is -0.208. The summed E-state index contributed by atoms with van der Waals surface area (Å²) in [6.45, 7) is 7.66. The number of methoxy groups -OCH3 is 1. The van der Waals surface area contributed by atoms with Crippen LogP contribution in [0.5, 0.6) is 0 Å². The van der Waals surface area contributed by atoms with Crippen molar-refractivity contribution < 1.29 is 9.53 Å². The molecule has 118 valence electrons. The van der Waals surface area contributed by atoms with Crippen molar-refractivity contribution >= 4 is 47.7 Å². The molecular formula is C13H26IN3O2S. The van der Waals surface area contributed by atoms with Gasteiger partial charge in [0.2, 0.25) is 0 Å². The largest absolute Gasteiger partial charge is 0.469 e. The van der Waals surface area contributed by atoms with E-state index in [0.29, 0.717) is 18.2 Å². The summed E-state index contributed by atoms with van der Waals surface area (Å²) < 4.78 is 4.63. The number of nitrogens with one attached hydrogen (secondary N) is 1. The van der Waals surface area contributed by atoms with Crippen LogP contribution in [-0.2, 0) is 9.53 Å². The highest BCUT2D eigenvalue weighted by molar-refractivity contribution is 14.0. The van der Waals surface area contributed by atoms with Gasteiger partial charge in [0, 0.05) is 30.6 Å². The first kappa shape index (κ1) is 19.8. The molecule has 7 heteroatoms. The molecule has 0 aromatic rings. The fraction of sp³-hybridized carbons (Fsp3) is 0.846. The molecule has 1 unspecified atom stereocenters. The van der Waals surface area contributed by atoms with Gasteiger partial charge in [-0.05, 0) is 13.3 Å². The summed E-state index contributed by atoms with van der Waals surface area (Å²) in [4.78, 5) is 17.9. The first-order valence-corrected chi connectivity index (χ1v) is 7.97. The zero-order valence-corrected chi connectivity index (χ0v) is 15.7. The Bertz CT molecular complexity index is 316. The predicted molar refractivity (Wildman–Crippen MR) is 96.1 cm³/mol. The molecular weight excluding hydrogens is 389 g/mol. The second-order valence-corrected chi connectivity index (χ2v) is 5.82. The Morgan fingerprint density at radius 1 is 1.50 bits per heavy atom. The van der Waals surface area contributed by atoms with Crippen LogP contribution < -0.4 is 5.32 Å². The molecule has 0 bridgehead atoms. The molecule has 0 radical (unpaired) electrons. The first-order chi connectivity index (χ1) is 9.21. The van der Waals surface area contributed by atoms with Crippen molar-refractivity contribution in [2.75, 3.05) is 39.0 Å². The van der Waals surface area contributed by atoms with E-state index in [1.54, 1.807) is 0 Å².